The first kappa shape index (κ1) is 31.8. The molecule has 0 amide bonds. The second kappa shape index (κ2) is 14.8. The number of allylic oxidation sites excluding steroid dienone is 1. The zero-order valence-corrected chi connectivity index (χ0v) is 25.4. The van der Waals surface area contributed by atoms with Crippen LogP contribution in [0.25, 0.3) is 0 Å². The molecule has 228 valence electrons. The summed E-state index contributed by atoms with van der Waals surface area (Å²) in [4.78, 5) is 22.3. The Bertz CT molecular complexity index is 1430. The van der Waals surface area contributed by atoms with Crippen molar-refractivity contribution >= 4 is 12.0 Å². The first-order valence-electron chi connectivity index (χ1n) is 14.7. The number of carbonyl (C=O) groups excluding carboxylic acids is 1. The fraction of sp³-hybridized carbons (Fsp3) is 0.400. The largest absolute Gasteiger partial charge is 0.670 e. The van der Waals surface area contributed by atoms with E-state index in [1.54, 1.807) is 56.5 Å². The third-order valence-electron chi connectivity index (χ3n) is 7.98. The van der Waals surface area contributed by atoms with Crippen molar-refractivity contribution in [1.29, 1.82) is 0 Å². The SMILES string of the molecule is COc1cc(C[C@@H](CC2=C[CH+]N=C2)C(=O)C[C@@H](O)[C@H](Cc2cc[n-]c2)Cc2ccc(O)c(OC)c2CC(C)C)ccc1O. The van der Waals surface area contributed by atoms with E-state index in [4.69, 9.17) is 9.47 Å². The van der Waals surface area contributed by atoms with Gasteiger partial charge in [-0.1, -0.05) is 37.6 Å². The summed E-state index contributed by atoms with van der Waals surface area (Å²) in [6, 6.07) is 10.6. The van der Waals surface area contributed by atoms with Crippen LogP contribution >= 0.6 is 0 Å². The second-order valence-corrected chi connectivity index (χ2v) is 11.7. The number of phenolic OH excluding ortho intramolecular Hbond substituents is 2. The van der Waals surface area contributed by atoms with Gasteiger partial charge in [0.05, 0.1) is 26.4 Å². The molecule has 1 aromatic heterocycles. The van der Waals surface area contributed by atoms with Gasteiger partial charge in [-0.05, 0) is 66.8 Å². The monoisotopic (exact) mass is 586 g/mol. The molecule has 0 bridgehead atoms. The number of ether oxygens (including phenoxy) is 2. The number of aromatic hydroxyl groups is 2. The molecule has 0 aliphatic carbocycles. The number of rotatable bonds is 16. The molecule has 1 aliphatic rings. The molecule has 0 fully saturated rings. The van der Waals surface area contributed by atoms with Crippen molar-refractivity contribution in [2.24, 2.45) is 22.7 Å². The van der Waals surface area contributed by atoms with Crippen molar-refractivity contribution in [3.05, 3.63) is 89.2 Å². The highest BCUT2D eigenvalue weighted by molar-refractivity contribution is 5.86. The van der Waals surface area contributed by atoms with E-state index in [1.807, 2.05) is 18.2 Å². The van der Waals surface area contributed by atoms with Crippen LogP contribution in [0.15, 0.2) is 65.4 Å². The molecule has 0 saturated heterocycles. The fourth-order valence-electron chi connectivity index (χ4n) is 5.78. The Balaban J connectivity index is 1.59. The average molecular weight is 587 g/mol. The zero-order valence-electron chi connectivity index (χ0n) is 25.4. The Labute approximate surface area is 254 Å². The predicted molar refractivity (Wildman–Crippen MR) is 167 cm³/mol. The number of aromatic nitrogens is 1. The molecule has 3 atom stereocenters. The number of ketones is 1. The van der Waals surface area contributed by atoms with E-state index in [0.29, 0.717) is 49.5 Å². The molecule has 2 heterocycles. The van der Waals surface area contributed by atoms with Gasteiger partial charge in [0.2, 0.25) is 0 Å². The van der Waals surface area contributed by atoms with Gasteiger partial charge < -0.3 is 29.8 Å². The molecule has 8 heteroatoms. The number of aliphatic hydroxyl groups excluding tert-OH is 1. The molecule has 0 spiro atoms. The first-order valence-corrected chi connectivity index (χ1v) is 14.7. The van der Waals surface area contributed by atoms with Crippen molar-refractivity contribution < 1.29 is 29.6 Å². The number of phenols is 2. The summed E-state index contributed by atoms with van der Waals surface area (Å²) >= 11 is 0. The standard InChI is InChI=1S/C35H42N2O6/c1-22(2)13-29-26(6-8-31(39)35(29)43-4)18-28(16-25-10-12-37-21-25)33(41)19-32(40)27(15-24-9-11-36-20-24)14-23-5-7-30(38)34(17-23)42-3/h5-12,17,20-22,27-28,33,38-39,41H,13-16,18-19H2,1-4H3/t27-,28+,33+/m0/s1. The zero-order chi connectivity index (χ0) is 30.9. The van der Waals surface area contributed by atoms with Crippen molar-refractivity contribution in [3.8, 4) is 23.0 Å². The summed E-state index contributed by atoms with van der Waals surface area (Å²) in [6.45, 7) is 5.93. The number of Topliss-reactive ketones (excluding diaryl/α,β-unsaturated/α-hetero) is 1. The summed E-state index contributed by atoms with van der Waals surface area (Å²) in [6.07, 6.45) is 8.92. The summed E-state index contributed by atoms with van der Waals surface area (Å²) in [5.74, 6) is 0.535. The van der Waals surface area contributed by atoms with Crippen molar-refractivity contribution in [2.75, 3.05) is 14.2 Å². The van der Waals surface area contributed by atoms with Crippen LogP contribution < -0.4 is 14.5 Å². The Hall–Kier alpha value is -4.17. The van der Waals surface area contributed by atoms with Gasteiger partial charge in [-0.25, -0.2) is 0 Å². The van der Waals surface area contributed by atoms with E-state index < -0.39 is 12.0 Å². The number of hydrogen-bond donors (Lipinski definition) is 3. The lowest BCUT2D eigenvalue weighted by Crippen LogP contribution is -2.31. The maximum atomic E-state index is 13.9. The number of benzene rings is 2. The highest BCUT2D eigenvalue weighted by Crippen LogP contribution is 2.36. The number of hydrogen-bond acceptors (Lipinski definition) is 7. The third kappa shape index (κ3) is 8.45. The highest BCUT2D eigenvalue weighted by Gasteiger charge is 2.30. The molecular weight excluding hydrogens is 544 g/mol. The molecule has 0 saturated carbocycles. The van der Waals surface area contributed by atoms with Gasteiger partial charge in [0, 0.05) is 24.3 Å². The van der Waals surface area contributed by atoms with Crippen LogP contribution in [0.4, 0.5) is 0 Å². The van der Waals surface area contributed by atoms with Crippen LogP contribution in [-0.4, -0.2) is 47.6 Å². The maximum absolute atomic E-state index is 13.9. The minimum Gasteiger partial charge on any atom is -0.670 e. The number of aliphatic imine (C=N–C) groups is 1. The van der Waals surface area contributed by atoms with Crippen molar-refractivity contribution in [3.63, 3.8) is 0 Å². The Morgan fingerprint density at radius 3 is 2.40 bits per heavy atom. The normalized spacial score (nSPS) is 14.7. The third-order valence-corrected chi connectivity index (χ3v) is 7.98. The van der Waals surface area contributed by atoms with Crippen molar-refractivity contribution in [1.82, 2.24) is 4.98 Å². The molecule has 8 nitrogen and oxygen atoms in total. The van der Waals surface area contributed by atoms with Gasteiger partial charge >= 0.3 is 0 Å². The summed E-state index contributed by atoms with van der Waals surface area (Å²) in [5.41, 5.74) is 4.70. The molecule has 2 aromatic carbocycles. The molecule has 43 heavy (non-hydrogen) atoms. The molecule has 3 N–H and O–H groups in total. The minimum atomic E-state index is -0.913. The summed E-state index contributed by atoms with van der Waals surface area (Å²) < 4.78 is 10.9. The van der Waals surface area contributed by atoms with Gasteiger partial charge in [-0.15, -0.1) is 4.99 Å². The lowest BCUT2D eigenvalue weighted by atomic mass is 9.81. The Morgan fingerprint density at radius 2 is 1.74 bits per heavy atom. The molecular formula is C35H42N2O6. The van der Waals surface area contributed by atoms with Crippen LogP contribution in [-0.2, 0) is 30.5 Å². The number of methoxy groups -OCH3 is 2. The first-order chi connectivity index (χ1) is 20.7. The number of nitrogens with zero attached hydrogens (tertiary/aromatic N) is 2. The van der Waals surface area contributed by atoms with E-state index in [9.17, 15) is 20.1 Å². The van der Waals surface area contributed by atoms with E-state index in [0.717, 1.165) is 27.8 Å². The fourth-order valence-corrected chi connectivity index (χ4v) is 5.78. The second-order valence-electron chi connectivity index (χ2n) is 11.7. The number of carbonyl (C=O) groups is 1. The van der Waals surface area contributed by atoms with E-state index in [1.165, 1.54) is 7.11 Å². The average Bonchev–Trinajstić information content (AvgIpc) is 3.69. The van der Waals surface area contributed by atoms with Gasteiger partial charge in [-0.2, -0.15) is 12.4 Å². The lowest BCUT2D eigenvalue weighted by molar-refractivity contribution is -0.125. The topological polar surface area (TPSA) is 123 Å². The number of aliphatic hydroxyl groups is 1. The quantitative estimate of drug-likeness (QED) is 0.192. The molecule has 0 unspecified atom stereocenters. The van der Waals surface area contributed by atoms with Gasteiger partial charge in [0.25, 0.3) is 0 Å². The molecule has 1 aliphatic heterocycles. The summed E-state index contributed by atoms with van der Waals surface area (Å²) in [7, 11) is 3.04. The van der Waals surface area contributed by atoms with Crippen LogP contribution in [0.5, 0.6) is 23.0 Å². The molecule has 3 aromatic rings. The maximum Gasteiger partial charge on any atom is 0.176 e. The highest BCUT2D eigenvalue weighted by atomic mass is 16.5. The smallest absolute Gasteiger partial charge is 0.176 e. The predicted octanol–water partition coefficient (Wildman–Crippen LogP) is 5.41. The van der Waals surface area contributed by atoms with Crippen LogP contribution in [0, 0.1) is 24.3 Å². The van der Waals surface area contributed by atoms with Gasteiger partial charge in [0.15, 0.2) is 29.2 Å². The van der Waals surface area contributed by atoms with Crippen LogP contribution in [0.2, 0.25) is 0 Å². The Morgan fingerprint density at radius 1 is 0.953 bits per heavy atom. The van der Waals surface area contributed by atoms with E-state index in [-0.39, 0.29) is 29.6 Å². The summed E-state index contributed by atoms with van der Waals surface area (Å²) in [5, 5.41) is 32.2. The van der Waals surface area contributed by atoms with Gasteiger partial charge in [-0.3, -0.25) is 4.79 Å². The van der Waals surface area contributed by atoms with Gasteiger partial charge in [0.1, 0.15) is 17.9 Å². The van der Waals surface area contributed by atoms with Crippen molar-refractivity contribution in [2.45, 2.75) is 58.5 Å². The lowest BCUT2D eigenvalue weighted by Gasteiger charge is -2.26. The molecule has 0 radical (unpaired) electrons. The van der Waals surface area contributed by atoms with Crippen LogP contribution in [0.3, 0.4) is 0 Å². The van der Waals surface area contributed by atoms with E-state index in [2.05, 4.69) is 23.8 Å². The Kier molecular flexibility index (Phi) is 11.0. The molecule has 4 rings (SSSR count). The minimum absolute atomic E-state index is 0.0123. The van der Waals surface area contributed by atoms with Crippen LogP contribution in [0.1, 0.15) is 48.9 Å². The van der Waals surface area contributed by atoms with E-state index >= 15 is 0 Å².